The standard InChI is InChI=1S/C17H28O2/c1-6-17(4,18-5)12-13-19-16(2,3)14-15-10-8-7-9-11-15/h7-11H,6,12-14H2,1-5H3. The average molecular weight is 264 g/mol. The van der Waals surface area contributed by atoms with Gasteiger partial charge < -0.3 is 9.47 Å². The van der Waals surface area contributed by atoms with Gasteiger partial charge in [0, 0.05) is 13.5 Å². The van der Waals surface area contributed by atoms with Crippen LogP contribution in [0.3, 0.4) is 0 Å². The number of rotatable bonds is 8. The van der Waals surface area contributed by atoms with Crippen molar-refractivity contribution in [3.63, 3.8) is 0 Å². The zero-order valence-corrected chi connectivity index (χ0v) is 13.0. The van der Waals surface area contributed by atoms with Gasteiger partial charge in [-0.25, -0.2) is 0 Å². The SMILES string of the molecule is CCC(C)(CCOC(C)(C)Cc1ccccc1)OC. The summed E-state index contributed by atoms with van der Waals surface area (Å²) in [7, 11) is 1.78. The highest BCUT2D eigenvalue weighted by atomic mass is 16.5. The molecule has 1 rings (SSSR count). The lowest BCUT2D eigenvalue weighted by molar-refractivity contribution is -0.0654. The van der Waals surface area contributed by atoms with E-state index in [1.807, 2.05) is 6.07 Å². The van der Waals surface area contributed by atoms with Gasteiger partial charge in [0.2, 0.25) is 0 Å². The minimum absolute atomic E-state index is 0.0666. The maximum absolute atomic E-state index is 6.05. The van der Waals surface area contributed by atoms with Crippen molar-refractivity contribution < 1.29 is 9.47 Å². The first-order valence-electron chi connectivity index (χ1n) is 7.14. The first-order valence-corrected chi connectivity index (χ1v) is 7.14. The molecular weight excluding hydrogens is 236 g/mol. The minimum atomic E-state index is -0.135. The van der Waals surface area contributed by atoms with Crippen molar-refractivity contribution in [2.75, 3.05) is 13.7 Å². The fourth-order valence-electron chi connectivity index (χ4n) is 2.10. The van der Waals surface area contributed by atoms with E-state index in [1.165, 1.54) is 5.56 Å². The Balaban J connectivity index is 2.43. The molecule has 2 nitrogen and oxygen atoms in total. The molecule has 1 aromatic carbocycles. The first-order chi connectivity index (χ1) is 8.91. The second kappa shape index (κ2) is 7.06. The van der Waals surface area contributed by atoms with Crippen LogP contribution in [0.2, 0.25) is 0 Å². The lowest BCUT2D eigenvalue weighted by Gasteiger charge is -2.30. The molecule has 0 aromatic heterocycles. The van der Waals surface area contributed by atoms with Crippen molar-refractivity contribution >= 4 is 0 Å². The molecule has 0 heterocycles. The van der Waals surface area contributed by atoms with E-state index in [4.69, 9.17) is 9.47 Å². The lowest BCUT2D eigenvalue weighted by atomic mass is 9.97. The van der Waals surface area contributed by atoms with Crippen molar-refractivity contribution in [1.29, 1.82) is 0 Å². The maximum Gasteiger partial charge on any atom is 0.0670 e. The maximum atomic E-state index is 6.05. The molecule has 0 radical (unpaired) electrons. The number of benzene rings is 1. The Hall–Kier alpha value is -0.860. The molecule has 1 atom stereocenters. The van der Waals surface area contributed by atoms with Crippen LogP contribution in [-0.4, -0.2) is 24.9 Å². The molecule has 0 amide bonds. The Morgan fingerprint density at radius 2 is 1.68 bits per heavy atom. The summed E-state index contributed by atoms with van der Waals surface area (Å²) in [6.45, 7) is 9.32. The van der Waals surface area contributed by atoms with Gasteiger partial charge in [-0.05, 0) is 39.2 Å². The summed E-state index contributed by atoms with van der Waals surface area (Å²) in [6.07, 6.45) is 2.87. The number of methoxy groups -OCH3 is 1. The predicted molar refractivity (Wildman–Crippen MR) is 80.5 cm³/mol. The summed E-state index contributed by atoms with van der Waals surface area (Å²) in [4.78, 5) is 0. The molecule has 0 aliphatic carbocycles. The van der Waals surface area contributed by atoms with E-state index in [1.54, 1.807) is 7.11 Å². The summed E-state index contributed by atoms with van der Waals surface area (Å²) in [6, 6.07) is 10.5. The van der Waals surface area contributed by atoms with Crippen LogP contribution in [0.5, 0.6) is 0 Å². The highest BCUT2D eigenvalue weighted by molar-refractivity contribution is 5.16. The van der Waals surface area contributed by atoms with Gasteiger partial charge in [-0.2, -0.15) is 0 Å². The largest absolute Gasteiger partial charge is 0.378 e. The molecule has 1 aromatic rings. The molecule has 1 unspecified atom stereocenters. The third-order valence-corrected chi connectivity index (χ3v) is 3.84. The van der Waals surface area contributed by atoms with Gasteiger partial charge in [0.25, 0.3) is 0 Å². The molecular formula is C17H28O2. The Labute approximate surface area is 118 Å². The number of hydrogen-bond acceptors (Lipinski definition) is 2. The molecule has 0 aliphatic rings. The Morgan fingerprint density at radius 3 is 2.21 bits per heavy atom. The van der Waals surface area contributed by atoms with Gasteiger partial charge in [0.1, 0.15) is 0 Å². The molecule has 19 heavy (non-hydrogen) atoms. The zero-order valence-electron chi connectivity index (χ0n) is 13.0. The molecule has 0 N–H and O–H groups in total. The van der Waals surface area contributed by atoms with Gasteiger partial charge in [0.15, 0.2) is 0 Å². The topological polar surface area (TPSA) is 18.5 Å². The molecule has 108 valence electrons. The van der Waals surface area contributed by atoms with E-state index in [0.717, 1.165) is 25.9 Å². The highest BCUT2D eigenvalue weighted by Crippen LogP contribution is 2.22. The third-order valence-electron chi connectivity index (χ3n) is 3.84. The van der Waals surface area contributed by atoms with Crippen LogP contribution in [0.4, 0.5) is 0 Å². The summed E-state index contributed by atoms with van der Waals surface area (Å²) < 4.78 is 11.6. The van der Waals surface area contributed by atoms with Crippen LogP contribution in [0, 0.1) is 0 Å². The van der Waals surface area contributed by atoms with Crippen LogP contribution in [-0.2, 0) is 15.9 Å². The Kier molecular flexibility index (Phi) is 6.02. The second-order valence-electron chi connectivity index (χ2n) is 6.03. The molecule has 0 spiro atoms. The van der Waals surface area contributed by atoms with Gasteiger partial charge in [0.05, 0.1) is 17.8 Å². The van der Waals surface area contributed by atoms with Crippen molar-refractivity contribution in [3.05, 3.63) is 35.9 Å². The number of hydrogen-bond donors (Lipinski definition) is 0. The molecule has 0 saturated carbocycles. The number of ether oxygens (including phenoxy) is 2. The second-order valence-corrected chi connectivity index (χ2v) is 6.03. The van der Waals surface area contributed by atoms with Crippen LogP contribution in [0.15, 0.2) is 30.3 Å². The molecule has 0 fully saturated rings. The van der Waals surface area contributed by atoms with Gasteiger partial charge >= 0.3 is 0 Å². The predicted octanol–water partition coefficient (Wildman–Crippen LogP) is 4.23. The average Bonchev–Trinajstić information content (AvgIpc) is 2.39. The molecule has 2 heteroatoms. The smallest absolute Gasteiger partial charge is 0.0670 e. The Morgan fingerprint density at radius 1 is 1.05 bits per heavy atom. The summed E-state index contributed by atoms with van der Waals surface area (Å²) >= 11 is 0. The molecule has 0 aliphatic heterocycles. The van der Waals surface area contributed by atoms with Crippen LogP contribution in [0.1, 0.15) is 46.1 Å². The first kappa shape index (κ1) is 16.2. The highest BCUT2D eigenvalue weighted by Gasteiger charge is 2.24. The summed E-state index contributed by atoms with van der Waals surface area (Å²) in [5.74, 6) is 0. The molecule has 0 saturated heterocycles. The Bertz CT molecular complexity index is 353. The van der Waals surface area contributed by atoms with Gasteiger partial charge in [-0.1, -0.05) is 37.3 Å². The fraction of sp³-hybridized carbons (Fsp3) is 0.647. The van der Waals surface area contributed by atoms with Crippen molar-refractivity contribution in [2.24, 2.45) is 0 Å². The zero-order chi connectivity index (χ0) is 14.4. The fourth-order valence-corrected chi connectivity index (χ4v) is 2.10. The van der Waals surface area contributed by atoms with Crippen LogP contribution >= 0.6 is 0 Å². The lowest BCUT2D eigenvalue weighted by Crippen LogP contribution is -2.33. The van der Waals surface area contributed by atoms with Crippen LogP contribution in [0.25, 0.3) is 0 Å². The van der Waals surface area contributed by atoms with E-state index in [9.17, 15) is 0 Å². The minimum Gasteiger partial charge on any atom is -0.378 e. The van der Waals surface area contributed by atoms with Crippen molar-refractivity contribution in [3.8, 4) is 0 Å². The van der Waals surface area contributed by atoms with E-state index >= 15 is 0 Å². The third kappa shape index (κ3) is 5.75. The summed E-state index contributed by atoms with van der Waals surface area (Å²) in [5, 5.41) is 0. The van der Waals surface area contributed by atoms with Crippen molar-refractivity contribution in [2.45, 2.75) is 58.2 Å². The monoisotopic (exact) mass is 264 g/mol. The van der Waals surface area contributed by atoms with E-state index in [2.05, 4.69) is 52.0 Å². The molecule has 0 bridgehead atoms. The van der Waals surface area contributed by atoms with Gasteiger partial charge in [-0.3, -0.25) is 0 Å². The quantitative estimate of drug-likeness (QED) is 0.699. The van der Waals surface area contributed by atoms with Crippen LogP contribution < -0.4 is 0 Å². The van der Waals surface area contributed by atoms with E-state index < -0.39 is 0 Å². The normalized spacial score (nSPS) is 15.2. The van der Waals surface area contributed by atoms with Crippen molar-refractivity contribution in [1.82, 2.24) is 0 Å². The summed E-state index contributed by atoms with van der Waals surface area (Å²) in [5.41, 5.74) is 1.12. The van der Waals surface area contributed by atoms with E-state index in [0.29, 0.717) is 0 Å². The van der Waals surface area contributed by atoms with E-state index in [-0.39, 0.29) is 11.2 Å². The van der Waals surface area contributed by atoms with Gasteiger partial charge in [-0.15, -0.1) is 0 Å².